The SMILES string of the molecule is CCOc1ccc(C2=CC=C[SeH2]2)c(F)c1F. The number of halogens is 2. The summed E-state index contributed by atoms with van der Waals surface area (Å²) in [5.41, 5.74) is 0.367. The topological polar surface area (TPSA) is 9.23 Å². The molecular weight excluding hydrogens is 277 g/mol. The number of benzene rings is 1. The normalized spacial score (nSPS) is 16.6. The fourth-order valence-electron chi connectivity index (χ4n) is 1.50. The molecule has 0 bridgehead atoms. The molecular formula is C12H12F2OSe. The Kier molecular flexibility index (Phi) is 3.42. The molecule has 0 amide bonds. The molecule has 0 saturated heterocycles. The van der Waals surface area contributed by atoms with Crippen molar-refractivity contribution >= 4 is 19.4 Å². The Morgan fingerprint density at radius 3 is 2.69 bits per heavy atom. The van der Waals surface area contributed by atoms with Crippen molar-refractivity contribution in [3.8, 4) is 5.75 Å². The van der Waals surface area contributed by atoms with Crippen LogP contribution in [0.4, 0.5) is 8.78 Å². The van der Waals surface area contributed by atoms with Crippen LogP contribution in [-0.4, -0.2) is 21.6 Å². The van der Waals surface area contributed by atoms with Gasteiger partial charge in [-0.25, -0.2) is 0 Å². The van der Waals surface area contributed by atoms with Crippen molar-refractivity contribution in [2.45, 2.75) is 6.92 Å². The van der Waals surface area contributed by atoms with Gasteiger partial charge in [0.2, 0.25) is 0 Å². The van der Waals surface area contributed by atoms with Crippen molar-refractivity contribution < 1.29 is 13.5 Å². The van der Waals surface area contributed by atoms with E-state index < -0.39 is 26.6 Å². The average Bonchev–Trinajstić information content (AvgIpc) is 2.79. The van der Waals surface area contributed by atoms with Gasteiger partial charge in [-0.15, -0.1) is 0 Å². The summed E-state index contributed by atoms with van der Waals surface area (Å²) in [4.78, 5) is 2.03. The predicted molar refractivity (Wildman–Crippen MR) is 63.2 cm³/mol. The van der Waals surface area contributed by atoms with Crippen LogP contribution < -0.4 is 4.74 Å². The Labute approximate surface area is 99.0 Å². The van der Waals surface area contributed by atoms with E-state index in [-0.39, 0.29) is 5.75 Å². The van der Waals surface area contributed by atoms with Crippen LogP contribution >= 0.6 is 0 Å². The first kappa shape index (κ1) is 11.4. The van der Waals surface area contributed by atoms with Crippen molar-refractivity contribution in [2.75, 3.05) is 6.61 Å². The van der Waals surface area contributed by atoms with Gasteiger partial charge < -0.3 is 0 Å². The summed E-state index contributed by atoms with van der Waals surface area (Å²) < 4.78 is 33.2. The van der Waals surface area contributed by atoms with E-state index in [1.807, 2.05) is 17.1 Å². The summed E-state index contributed by atoms with van der Waals surface area (Å²) >= 11 is -0.448. The van der Waals surface area contributed by atoms with Gasteiger partial charge in [0.15, 0.2) is 0 Å². The Balaban J connectivity index is 2.38. The Morgan fingerprint density at radius 1 is 1.25 bits per heavy atom. The van der Waals surface area contributed by atoms with Crippen LogP contribution in [0.25, 0.3) is 4.47 Å². The third-order valence-corrected chi connectivity index (χ3v) is 4.56. The second kappa shape index (κ2) is 4.81. The fourth-order valence-corrected chi connectivity index (χ4v) is 3.42. The fraction of sp³-hybridized carbons (Fsp3) is 0.167. The van der Waals surface area contributed by atoms with Gasteiger partial charge in [0.1, 0.15) is 0 Å². The van der Waals surface area contributed by atoms with E-state index in [9.17, 15) is 8.78 Å². The Hall–Kier alpha value is -1.12. The van der Waals surface area contributed by atoms with E-state index >= 15 is 0 Å². The van der Waals surface area contributed by atoms with Crippen LogP contribution in [0.3, 0.4) is 0 Å². The van der Waals surface area contributed by atoms with Crippen molar-refractivity contribution in [1.82, 2.24) is 0 Å². The van der Waals surface area contributed by atoms with Gasteiger partial charge in [0.05, 0.1) is 0 Å². The molecule has 1 heterocycles. The molecule has 0 fully saturated rings. The second-order valence-electron chi connectivity index (χ2n) is 3.26. The summed E-state index contributed by atoms with van der Waals surface area (Å²) in [6.45, 7) is 2.06. The monoisotopic (exact) mass is 290 g/mol. The summed E-state index contributed by atoms with van der Waals surface area (Å²) in [6, 6.07) is 3.08. The van der Waals surface area contributed by atoms with Crippen LogP contribution in [0, 0.1) is 11.6 Å². The van der Waals surface area contributed by atoms with Crippen molar-refractivity contribution in [1.29, 1.82) is 0 Å². The zero-order valence-corrected chi connectivity index (χ0v) is 10.9. The molecule has 4 heteroatoms. The van der Waals surface area contributed by atoms with Crippen molar-refractivity contribution in [2.24, 2.45) is 0 Å². The van der Waals surface area contributed by atoms with E-state index in [0.717, 1.165) is 4.47 Å². The molecule has 1 aromatic rings. The van der Waals surface area contributed by atoms with Crippen molar-refractivity contribution in [3.63, 3.8) is 0 Å². The molecule has 2 rings (SSSR count). The molecule has 0 radical (unpaired) electrons. The van der Waals surface area contributed by atoms with E-state index in [2.05, 4.69) is 0 Å². The molecule has 16 heavy (non-hydrogen) atoms. The molecule has 1 aliphatic rings. The molecule has 0 aliphatic carbocycles. The van der Waals surface area contributed by atoms with Crippen LogP contribution in [0.5, 0.6) is 5.75 Å². The first-order valence-electron chi connectivity index (χ1n) is 4.98. The first-order chi connectivity index (χ1) is 7.74. The van der Waals surface area contributed by atoms with Gasteiger partial charge in [-0.3, -0.25) is 0 Å². The number of hydrogen-bond acceptors (Lipinski definition) is 1. The zero-order chi connectivity index (χ0) is 11.5. The van der Waals surface area contributed by atoms with Gasteiger partial charge in [-0.2, -0.15) is 0 Å². The molecule has 0 spiro atoms. The average molecular weight is 289 g/mol. The number of rotatable bonds is 3. The van der Waals surface area contributed by atoms with E-state index in [1.165, 1.54) is 6.07 Å². The van der Waals surface area contributed by atoms with Gasteiger partial charge in [0, 0.05) is 0 Å². The maximum absolute atomic E-state index is 13.7. The van der Waals surface area contributed by atoms with Gasteiger partial charge in [-0.05, 0) is 0 Å². The number of ether oxygens (including phenoxy) is 1. The summed E-state index contributed by atoms with van der Waals surface area (Å²) in [5, 5.41) is 0. The Morgan fingerprint density at radius 2 is 2.06 bits per heavy atom. The quantitative estimate of drug-likeness (QED) is 0.776. The molecule has 0 saturated carbocycles. The van der Waals surface area contributed by atoms with E-state index in [4.69, 9.17) is 4.74 Å². The number of allylic oxidation sites excluding steroid dienone is 2. The van der Waals surface area contributed by atoms with Gasteiger partial charge in [-0.1, -0.05) is 0 Å². The van der Waals surface area contributed by atoms with Gasteiger partial charge in [0.25, 0.3) is 0 Å². The van der Waals surface area contributed by atoms with Gasteiger partial charge >= 0.3 is 98.7 Å². The molecule has 0 N–H and O–H groups in total. The molecule has 1 aromatic carbocycles. The third-order valence-electron chi connectivity index (χ3n) is 2.23. The van der Waals surface area contributed by atoms with Crippen LogP contribution in [0.1, 0.15) is 12.5 Å². The first-order valence-corrected chi connectivity index (χ1v) is 7.24. The summed E-state index contributed by atoms with van der Waals surface area (Å²) in [7, 11) is 0. The molecule has 0 unspecified atom stereocenters. The minimum absolute atomic E-state index is 0.0182. The van der Waals surface area contributed by atoms with E-state index in [1.54, 1.807) is 13.0 Å². The molecule has 0 aromatic heterocycles. The maximum atomic E-state index is 13.7. The number of hydrogen-bond donors (Lipinski definition) is 0. The third kappa shape index (κ3) is 2.04. The second-order valence-corrected chi connectivity index (χ2v) is 5.69. The zero-order valence-electron chi connectivity index (χ0n) is 8.76. The predicted octanol–water partition coefficient (Wildman–Crippen LogP) is 2.40. The van der Waals surface area contributed by atoms with Crippen molar-refractivity contribution in [3.05, 3.63) is 46.5 Å². The molecule has 1 nitrogen and oxygen atoms in total. The Bertz CT molecular complexity index is 466. The summed E-state index contributed by atoms with van der Waals surface area (Å²) in [6.07, 6.45) is 3.74. The minimum atomic E-state index is -0.890. The summed E-state index contributed by atoms with van der Waals surface area (Å²) in [5.74, 6) is -1.71. The van der Waals surface area contributed by atoms with Crippen LogP contribution in [0.2, 0.25) is 0 Å². The molecule has 0 atom stereocenters. The molecule has 1 aliphatic heterocycles. The standard InChI is InChI=1S/C12H12F2OSe/c1-2-15-9-6-5-8(11(13)12(9)14)10-4-3-7-16-10/h3-7H,2,16H2,1H3. The van der Waals surface area contributed by atoms with Crippen LogP contribution in [-0.2, 0) is 0 Å². The van der Waals surface area contributed by atoms with E-state index in [0.29, 0.717) is 12.2 Å². The molecule has 86 valence electrons. The van der Waals surface area contributed by atoms with Crippen LogP contribution in [0.15, 0.2) is 29.3 Å².